The number of aromatic amines is 1. The highest BCUT2D eigenvalue weighted by Gasteiger charge is 2.05. The lowest BCUT2D eigenvalue weighted by Gasteiger charge is -2.02. The molecule has 5 heteroatoms. The van der Waals surface area contributed by atoms with Gasteiger partial charge in [0.25, 0.3) is 0 Å². The molecular weight excluding hydrogens is 359 g/mol. The summed E-state index contributed by atoms with van der Waals surface area (Å²) in [5, 5.41) is 0. The van der Waals surface area contributed by atoms with Crippen molar-refractivity contribution in [2.45, 2.75) is 13.0 Å². The Balaban J connectivity index is 1.96. The Hall–Kier alpha value is -1.08. The van der Waals surface area contributed by atoms with Crippen LogP contribution in [0.25, 0.3) is 11.0 Å². The number of hydrogen-bond donors (Lipinski definition) is 1. The van der Waals surface area contributed by atoms with E-state index in [1.165, 1.54) is 3.57 Å². The van der Waals surface area contributed by atoms with Crippen LogP contribution in [0.2, 0.25) is 0 Å². The molecule has 0 aliphatic heterocycles. The number of nitrogens with one attached hydrogen (secondary N) is 1. The third-order valence-corrected chi connectivity index (χ3v) is 3.89. The fourth-order valence-electron chi connectivity index (χ4n) is 2.03. The fraction of sp³-hybridized carbons (Fsp3) is 0.154. The van der Waals surface area contributed by atoms with Gasteiger partial charge in [0.2, 0.25) is 0 Å². The Morgan fingerprint density at radius 2 is 2.22 bits per heavy atom. The van der Waals surface area contributed by atoms with Crippen LogP contribution >= 0.6 is 34.8 Å². The molecule has 3 rings (SSSR count). The Morgan fingerprint density at radius 3 is 3.00 bits per heavy atom. The Kier molecular flexibility index (Phi) is 3.25. The lowest BCUT2D eigenvalue weighted by Crippen LogP contribution is -2.00. The summed E-state index contributed by atoms with van der Waals surface area (Å²) in [6.45, 7) is 0.826. The highest BCUT2D eigenvalue weighted by atomic mass is 127. The van der Waals surface area contributed by atoms with E-state index in [0.717, 1.165) is 34.5 Å². The van der Waals surface area contributed by atoms with E-state index in [1.54, 1.807) is 6.26 Å². The molecule has 3 nitrogen and oxygen atoms in total. The molecule has 0 fully saturated rings. The fourth-order valence-corrected chi connectivity index (χ4v) is 2.83. The molecule has 0 radical (unpaired) electrons. The van der Waals surface area contributed by atoms with Gasteiger partial charge in [0.1, 0.15) is 5.76 Å². The van der Waals surface area contributed by atoms with Gasteiger partial charge in [0.15, 0.2) is 4.77 Å². The van der Waals surface area contributed by atoms with E-state index in [4.69, 9.17) is 16.6 Å². The lowest BCUT2D eigenvalue weighted by atomic mass is 10.3. The molecule has 0 unspecified atom stereocenters. The van der Waals surface area contributed by atoms with Crippen molar-refractivity contribution in [1.82, 2.24) is 9.55 Å². The third-order valence-electron chi connectivity index (χ3n) is 2.90. The van der Waals surface area contributed by atoms with Gasteiger partial charge in [0, 0.05) is 16.5 Å². The summed E-state index contributed by atoms with van der Waals surface area (Å²) in [5.41, 5.74) is 2.23. The largest absolute Gasteiger partial charge is 0.469 e. The van der Waals surface area contributed by atoms with Gasteiger partial charge in [-0.15, -0.1) is 0 Å². The maximum atomic E-state index is 5.37. The number of imidazole rings is 1. The Morgan fingerprint density at radius 1 is 1.33 bits per heavy atom. The quantitative estimate of drug-likeness (QED) is 0.556. The molecule has 3 aromatic rings. The number of nitrogens with zero attached hydrogens (tertiary/aromatic N) is 1. The minimum Gasteiger partial charge on any atom is -0.469 e. The first kappa shape index (κ1) is 12.0. The van der Waals surface area contributed by atoms with Gasteiger partial charge in [0.05, 0.1) is 17.3 Å². The standard InChI is InChI=1S/C13H11IN2OS/c14-9-3-4-12-11(8-9)15-13(18)16(12)6-5-10-2-1-7-17-10/h1-4,7-8H,5-6H2,(H,15,18). The van der Waals surface area contributed by atoms with Crippen molar-refractivity contribution in [1.29, 1.82) is 0 Å². The first-order valence-electron chi connectivity index (χ1n) is 5.64. The van der Waals surface area contributed by atoms with Gasteiger partial charge >= 0.3 is 0 Å². The van der Waals surface area contributed by atoms with Crippen molar-refractivity contribution < 1.29 is 4.42 Å². The molecule has 1 aromatic carbocycles. The monoisotopic (exact) mass is 370 g/mol. The average molecular weight is 370 g/mol. The minimum atomic E-state index is 0.763. The van der Waals surface area contributed by atoms with Gasteiger partial charge in [-0.05, 0) is 65.1 Å². The first-order chi connectivity index (χ1) is 8.74. The van der Waals surface area contributed by atoms with Gasteiger partial charge in [-0.2, -0.15) is 0 Å². The molecule has 1 N–H and O–H groups in total. The van der Waals surface area contributed by atoms with Gasteiger partial charge in [-0.1, -0.05) is 0 Å². The van der Waals surface area contributed by atoms with Crippen LogP contribution in [-0.4, -0.2) is 9.55 Å². The van der Waals surface area contributed by atoms with E-state index in [1.807, 2.05) is 12.1 Å². The van der Waals surface area contributed by atoms with Gasteiger partial charge in [-0.3, -0.25) is 0 Å². The molecule has 0 saturated carbocycles. The summed E-state index contributed by atoms with van der Waals surface area (Å²) >= 11 is 7.67. The summed E-state index contributed by atoms with van der Waals surface area (Å²) < 4.78 is 9.42. The zero-order valence-electron chi connectivity index (χ0n) is 9.52. The highest BCUT2D eigenvalue weighted by Crippen LogP contribution is 2.18. The molecular formula is C13H11IN2OS. The second-order valence-corrected chi connectivity index (χ2v) is 5.70. The van der Waals surface area contributed by atoms with Crippen molar-refractivity contribution >= 4 is 45.8 Å². The van der Waals surface area contributed by atoms with Crippen LogP contribution in [0.4, 0.5) is 0 Å². The number of rotatable bonds is 3. The van der Waals surface area contributed by atoms with Gasteiger partial charge < -0.3 is 14.0 Å². The molecule has 2 heterocycles. The van der Waals surface area contributed by atoms with E-state index in [2.05, 4.69) is 50.3 Å². The van der Waals surface area contributed by atoms with Crippen LogP contribution in [0.3, 0.4) is 0 Å². The molecule has 0 atom stereocenters. The van der Waals surface area contributed by atoms with Crippen LogP contribution in [0.15, 0.2) is 41.0 Å². The predicted molar refractivity (Wildman–Crippen MR) is 82.3 cm³/mol. The van der Waals surface area contributed by atoms with Crippen LogP contribution < -0.4 is 0 Å². The molecule has 2 aromatic heterocycles. The summed E-state index contributed by atoms with van der Waals surface area (Å²) in [6, 6.07) is 10.2. The van der Waals surface area contributed by atoms with Crippen molar-refractivity contribution in [3.63, 3.8) is 0 Å². The summed E-state index contributed by atoms with van der Waals surface area (Å²) in [7, 11) is 0. The van der Waals surface area contributed by atoms with E-state index < -0.39 is 0 Å². The molecule has 0 aliphatic carbocycles. The smallest absolute Gasteiger partial charge is 0.178 e. The van der Waals surface area contributed by atoms with Crippen molar-refractivity contribution in [2.24, 2.45) is 0 Å². The normalized spacial score (nSPS) is 11.2. The van der Waals surface area contributed by atoms with Crippen LogP contribution in [0, 0.1) is 8.34 Å². The van der Waals surface area contributed by atoms with E-state index in [0.29, 0.717) is 0 Å². The molecule has 92 valence electrons. The number of fused-ring (bicyclic) bond motifs is 1. The second-order valence-electron chi connectivity index (χ2n) is 4.07. The van der Waals surface area contributed by atoms with Crippen molar-refractivity contribution in [3.05, 3.63) is 50.7 Å². The zero-order valence-corrected chi connectivity index (χ0v) is 12.5. The van der Waals surface area contributed by atoms with Crippen LogP contribution in [0.5, 0.6) is 0 Å². The number of furan rings is 1. The number of aryl methyl sites for hydroxylation is 2. The second kappa shape index (κ2) is 4.89. The average Bonchev–Trinajstić information content (AvgIpc) is 2.93. The summed E-state index contributed by atoms with van der Waals surface area (Å²) in [5.74, 6) is 0.983. The van der Waals surface area contributed by atoms with E-state index >= 15 is 0 Å². The molecule has 0 amide bonds. The summed E-state index contributed by atoms with van der Waals surface area (Å²) in [6.07, 6.45) is 2.55. The summed E-state index contributed by atoms with van der Waals surface area (Å²) in [4.78, 5) is 3.24. The van der Waals surface area contributed by atoms with E-state index in [9.17, 15) is 0 Å². The topological polar surface area (TPSA) is 33.9 Å². The van der Waals surface area contributed by atoms with Crippen LogP contribution in [0.1, 0.15) is 5.76 Å². The number of H-pyrrole nitrogens is 1. The van der Waals surface area contributed by atoms with E-state index in [-0.39, 0.29) is 0 Å². The molecule has 0 aliphatic rings. The number of halogens is 1. The highest BCUT2D eigenvalue weighted by molar-refractivity contribution is 14.1. The number of aromatic nitrogens is 2. The van der Waals surface area contributed by atoms with Crippen molar-refractivity contribution in [2.75, 3.05) is 0 Å². The molecule has 0 saturated heterocycles. The Labute approximate surface area is 123 Å². The minimum absolute atomic E-state index is 0.763. The zero-order chi connectivity index (χ0) is 12.5. The lowest BCUT2D eigenvalue weighted by molar-refractivity contribution is 0.492. The number of hydrogen-bond acceptors (Lipinski definition) is 2. The molecule has 0 spiro atoms. The molecule has 0 bridgehead atoms. The predicted octanol–water partition coefficient (Wildman–Crippen LogP) is 4.14. The number of benzene rings is 1. The van der Waals surface area contributed by atoms with Gasteiger partial charge in [-0.25, -0.2) is 0 Å². The molecule has 18 heavy (non-hydrogen) atoms. The maximum absolute atomic E-state index is 5.37. The van der Waals surface area contributed by atoms with Crippen molar-refractivity contribution in [3.8, 4) is 0 Å². The Bertz CT molecular complexity index is 727. The first-order valence-corrected chi connectivity index (χ1v) is 7.13. The SMILES string of the molecule is S=c1[nH]c2cc(I)ccc2n1CCc1ccco1. The maximum Gasteiger partial charge on any atom is 0.178 e. The third kappa shape index (κ3) is 2.24. The van der Waals surface area contributed by atoms with Crippen LogP contribution in [-0.2, 0) is 13.0 Å².